The van der Waals surface area contributed by atoms with E-state index in [1.165, 1.54) is 18.2 Å². The van der Waals surface area contributed by atoms with E-state index in [1.807, 2.05) is 0 Å². The molecule has 0 aliphatic heterocycles. The van der Waals surface area contributed by atoms with Crippen LogP contribution < -0.4 is 10.6 Å². The number of amides is 2. The molecule has 0 bridgehead atoms. The van der Waals surface area contributed by atoms with E-state index in [9.17, 15) is 22.8 Å². The van der Waals surface area contributed by atoms with Crippen molar-refractivity contribution in [2.75, 3.05) is 11.9 Å². The first kappa shape index (κ1) is 18.0. The van der Waals surface area contributed by atoms with E-state index < -0.39 is 35.1 Å². The predicted molar refractivity (Wildman–Crippen MR) is 89.7 cm³/mol. The van der Waals surface area contributed by atoms with Crippen LogP contribution in [0.15, 0.2) is 42.5 Å². The summed E-state index contributed by atoms with van der Waals surface area (Å²) in [7, 11) is 0. The summed E-state index contributed by atoms with van der Waals surface area (Å²) in [6.07, 6.45) is 0.875. The Morgan fingerprint density at radius 3 is 2.19 bits per heavy atom. The van der Waals surface area contributed by atoms with Gasteiger partial charge >= 0.3 is 0 Å². The van der Waals surface area contributed by atoms with E-state index >= 15 is 0 Å². The number of carbonyl (C=O) groups excluding carboxylic acids is 2. The molecule has 1 aliphatic carbocycles. The number of anilines is 1. The monoisotopic (exact) mass is 362 g/mol. The molecule has 0 spiro atoms. The van der Waals surface area contributed by atoms with Crippen LogP contribution in [0.1, 0.15) is 12.0 Å². The van der Waals surface area contributed by atoms with Crippen LogP contribution in [0.2, 0.25) is 0 Å². The van der Waals surface area contributed by atoms with Gasteiger partial charge in [-0.15, -0.1) is 0 Å². The van der Waals surface area contributed by atoms with Gasteiger partial charge < -0.3 is 10.6 Å². The summed E-state index contributed by atoms with van der Waals surface area (Å²) in [5.41, 5.74) is 0.381. The number of hydrogen-bond donors (Lipinski definition) is 2. The molecule has 0 aromatic heterocycles. The highest BCUT2D eigenvalue weighted by Gasteiger charge is 2.48. The molecule has 136 valence electrons. The number of rotatable bonds is 6. The van der Waals surface area contributed by atoms with Crippen molar-refractivity contribution in [3.05, 3.63) is 65.5 Å². The molecule has 1 fully saturated rings. The van der Waals surface area contributed by atoms with Gasteiger partial charge in [-0.05, 0) is 42.7 Å². The number of hydrogen-bond acceptors (Lipinski definition) is 2. The number of carbonyl (C=O) groups is 2. The van der Waals surface area contributed by atoms with Crippen LogP contribution in [0, 0.1) is 29.3 Å². The normalized spacial score (nSPS) is 18.3. The van der Waals surface area contributed by atoms with Crippen LogP contribution in [-0.4, -0.2) is 18.4 Å². The van der Waals surface area contributed by atoms with Gasteiger partial charge in [0, 0.05) is 6.54 Å². The maximum atomic E-state index is 13.5. The number of halogens is 3. The minimum atomic E-state index is -0.862. The Morgan fingerprint density at radius 2 is 1.54 bits per heavy atom. The zero-order valence-corrected chi connectivity index (χ0v) is 13.8. The third-order valence-electron chi connectivity index (χ3n) is 4.30. The summed E-state index contributed by atoms with van der Waals surface area (Å²) in [6.45, 7) is 0.358. The average molecular weight is 362 g/mol. The summed E-state index contributed by atoms with van der Waals surface area (Å²) in [5, 5.41) is 4.93. The van der Waals surface area contributed by atoms with Gasteiger partial charge in [-0.3, -0.25) is 9.59 Å². The van der Waals surface area contributed by atoms with Gasteiger partial charge in [0.1, 0.15) is 23.1 Å². The van der Waals surface area contributed by atoms with Crippen LogP contribution in [0.3, 0.4) is 0 Å². The fraction of sp³-hybridized carbons (Fsp3) is 0.263. The zero-order valence-electron chi connectivity index (χ0n) is 13.8. The molecule has 2 aromatic carbocycles. The summed E-state index contributed by atoms with van der Waals surface area (Å²) in [4.78, 5) is 24.1. The Morgan fingerprint density at radius 1 is 0.923 bits per heavy atom. The van der Waals surface area contributed by atoms with Gasteiger partial charge in [-0.1, -0.05) is 18.2 Å². The molecule has 0 saturated heterocycles. The first-order valence-corrected chi connectivity index (χ1v) is 8.22. The Balaban J connectivity index is 1.46. The molecule has 26 heavy (non-hydrogen) atoms. The lowest BCUT2D eigenvalue weighted by Crippen LogP contribution is -2.29. The third-order valence-corrected chi connectivity index (χ3v) is 4.30. The largest absolute Gasteiger partial charge is 0.356 e. The molecule has 3 rings (SSSR count). The first-order chi connectivity index (χ1) is 12.5. The maximum Gasteiger partial charge on any atom is 0.228 e. The molecule has 1 aliphatic rings. The van der Waals surface area contributed by atoms with Gasteiger partial charge in [0.15, 0.2) is 0 Å². The predicted octanol–water partition coefficient (Wildman–Crippen LogP) is 3.04. The van der Waals surface area contributed by atoms with E-state index in [2.05, 4.69) is 10.6 Å². The topological polar surface area (TPSA) is 58.2 Å². The molecule has 2 aromatic rings. The van der Waals surface area contributed by atoms with Crippen molar-refractivity contribution in [3.63, 3.8) is 0 Å². The Kier molecular flexibility index (Phi) is 5.25. The molecule has 2 amide bonds. The molecule has 4 nitrogen and oxygen atoms in total. The van der Waals surface area contributed by atoms with Gasteiger partial charge in [-0.2, -0.15) is 0 Å². The highest BCUT2D eigenvalue weighted by molar-refractivity contribution is 5.99. The van der Waals surface area contributed by atoms with Gasteiger partial charge in [-0.25, -0.2) is 13.2 Å². The summed E-state index contributed by atoms with van der Waals surface area (Å²) in [6, 6.07) is 9.27. The molecule has 2 unspecified atom stereocenters. The molecular weight excluding hydrogens is 345 g/mol. The Hall–Kier alpha value is -2.83. The van der Waals surface area contributed by atoms with Crippen LogP contribution >= 0.6 is 0 Å². The quantitative estimate of drug-likeness (QED) is 0.830. The van der Waals surface area contributed by atoms with Crippen molar-refractivity contribution in [2.24, 2.45) is 11.8 Å². The van der Waals surface area contributed by atoms with Crippen LogP contribution in [0.5, 0.6) is 0 Å². The SMILES string of the molecule is O=C(NCCc1ccc(F)cc1)C1CC1C(=O)Nc1c(F)cccc1F. The Bertz CT molecular complexity index is 804. The van der Waals surface area contributed by atoms with Crippen LogP contribution in [0.4, 0.5) is 18.9 Å². The molecule has 7 heteroatoms. The fourth-order valence-electron chi connectivity index (χ4n) is 2.72. The van der Waals surface area contributed by atoms with E-state index in [4.69, 9.17) is 0 Å². The fourth-order valence-corrected chi connectivity index (χ4v) is 2.72. The second kappa shape index (κ2) is 7.59. The van der Waals surface area contributed by atoms with E-state index in [-0.39, 0.29) is 11.7 Å². The number of benzene rings is 2. The minimum absolute atomic E-state index is 0.277. The second-order valence-corrected chi connectivity index (χ2v) is 6.20. The zero-order chi connectivity index (χ0) is 18.7. The third kappa shape index (κ3) is 4.22. The van der Waals surface area contributed by atoms with Crippen molar-refractivity contribution in [1.82, 2.24) is 5.32 Å². The van der Waals surface area contributed by atoms with Gasteiger partial charge in [0.25, 0.3) is 0 Å². The van der Waals surface area contributed by atoms with E-state index in [1.54, 1.807) is 12.1 Å². The van der Waals surface area contributed by atoms with Gasteiger partial charge in [0.2, 0.25) is 11.8 Å². The molecule has 0 heterocycles. The molecule has 2 atom stereocenters. The van der Waals surface area contributed by atoms with E-state index in [0.717, 1.165) is 17.7 Å². The second-order valence-electron chi connectivity index (χ2n) is 6.20. The van der Waals surface area contributed by atoms with Crippen molar-refractivity contribution >= 4 is 17.5 Å². The lowest BCUT2D eigenvalue weighted by atomic mass is 10.1. The first-order valence-electron chi connectivity index (χ1n) is 8.22. The maximum absolute atomic E-state index is 13.5. The lowest BCUT2D eigenvalue weighted by molar-refractivity contribution is -0.125. The molecule has 0 radical (unpaired) electrons. The lowest BCUT2D eigenvalue weighted by Gasteiger charge is -2.08. The summed E-state index contributed by atoms with van der Waals surface area (Å²) < 4.78 is 39.9. The Labute approximate surface area is 148 Å². The van der Waals surface area contributed by atoms with Crippen molar-refractivity contribution < 1.29 is 22.8 Å². The van der Waals surface area contributed by atoms with Crippen molar-refractivity contribution in [3.8, 4) is 0 Å². The smallest absolute Gasteiger partial charge is 0.228 e. The highest BCUT2D eigenvalue weighted by atomic mass is 19.1. The summed E-state index contributed by atoms with van der Waals surface area (Å²) in [5.74, 6) is -4.00. The summed E-state index contributed by atoms with van der Waals surface area (Å²) >= 11 is 0. The van der Waals surface area contributed by atoms with E-state index in [0.29, 0.717) is 19.4 Å². The van der Waals surface area contributed by atoms with Crippen LogP contribution in [0.25, 0.3) is 0 Å². The number of para-hydroxylation sites is 1. The highest BCUT2D eigenvalue weighted by Crippen LogP contribution is 2.39. The molecular formula is C19H17F3N2O2. The number of nitrogens with one attached hydrogen (secondary N) is 2. The standard InChI is InChI=1S/C19H17F3N2O2/c20-12-6-4-11(5-7-12)8-9-23-18(25)13-10-14(13)19(26)24-17-15(21)2-1-3-16(17)22/h1-7,13-14H,8-10H2,(H,23,25)(H,24,26). The molecule has 2 N–H and O–H groups in total. The van der Waals surface area contributed by atoms with Crippen molar-refractivity contribution in [2.45, 2.75) is 12.8 Å². The average Bonchev–Trinajstić information content (AvgIpc) is 3.41. The van der Waals surface area contributed by atoms with Gasteiger partial charge in [0.05, 0.1) is 11.8 Å². The van der Waals surface area contributed by atoms with Crippen molar-refractivity contribution in [1.29, 1.82) is 0 Å². The van der Waals surface area contributed by atoms with Crippen LogP contribution in [-0.2, 0) is 16.0 Å². The minimum Gasteiger partial charge on any atom is -0.356 e. The molecule has 1 saturated carbocycles.